The quantitative estimate of drug-likeness (QED) is 0.673. The number of carbonyl (C=O) groups excluding carboxylic acids is 1. The van der Waals surface area contributed by atoms with Crippen molar-refractivity contribution in [1.82, 2.24) is 10.2 Å². The molecular formula is C10H18N2O. The Hall–Kier alpha value is -0.570. The summed E-state index contributed by atoms with van der Waals surface area (Å²) in [5, 5.41) is 3.20. The minimum absolute atomic E-state index is 0.00882. The number of rotatable bonds is 2. The largest absolute Gasteiger partial charge is 0.342 e. The summed E-state index contributed by atoms with van der Waals surface area (Å²) in [5.41, 5.74) is 0.00882. The molecule has 2 heterocycles. The molecule has 0 aromatic rings. The Kier molecular flexibility index (Phi) is 2.06. The predicted molar refractivity (Wildman–Crippen MR) is 51.3 cm³/mol. The molecule has 2 fully saturated rings. The van der Waals surface area contributed by atoms with Gasteiger partial charge >= 0.3 is 0 Å². The lowest BCUT2D eigenvalue weighted by Crippen LogP contribution is -2.57. The molecule has 0 aliphatic carbocycles. The Morgan fingerprint density at radius 3 is 2.62 bits per heavy atom. The number of hydrogen-bond acceptors (Lipinski definition) is 2. The zero-order valence-corrected chi connectivity index (χ0v) is 8.47. The van der Waals surface area contributed by atoms with E-state index < -0.39 is 0 Å². The number of carbonyl (C=O) groups is 1. The van der Waals surface area contributed by atoms with Crippen molar-refractivity contribution >= 4 is 5.91 Å². The molecule has 74 valence electrons. The molecule has 0 aromatic carbocycles. The van der Waals surface area contributed by atoms with Crippen LogP contribution in [0, 0.1) is 11.3 Å². The summed E-state index contributed by atoms with van der Waals surface area (Å²) in [4.78, 5) is 14.0. The molecular weight excluding hydrogens is 164 g/mol. The molecule has 0 bridgehead atoms. The van der Waals surface area contributed by atoms with Gasteiger partial charge in [-0.05, 0) is 12.3 Å². The van der Waals surface area contributed by atoms with E-state index >= 15 is 0 Å². The van der Waals surface area contributed by atoms with Gasteiger partial charge in [-0.2, -0.15) is 0 Å². The van der Waals surface area contributed by atoms with Crippen molar-refractivity contribution < 1.29 is 4.79 Å². The maximum atomic E-state index is 11.9. The van der Waals surface area contributed by atoms with Crippen molar-refractivity contribution in [2.24, 2.45) is 11.3 Å². The zero-order chi connectivity index (χ0) is 9.47. The maximum absolute atomic E-state index is 11.9. The Bertz CT molecular complexity index is 221. The third-order valence-corrected chi connectivity index (χ3v) is 3.11. The minimum atomic E-state index is 0.00882. The Morgan fingerprint density at radius 2 is 2.23 bits per heavy atom. The third kappa shape index (κ3) is 1.35. The van der Waals surface area contributed by atoms with E-state index in [0.29, 0.717) is 11.8 Å². The van der Waals surface area contributed by atoms with Crippen LogP contribution in [0.15, 0.2) is 0 Å². The highest BCUT2D eigenvalue weighted by molar-refractivity contribution is 5.86. The normalized spacial score (nSPS) is 25.8. The fourth-order valence-electron chi connectivity index (χ4n) is 2.26. The van der Waals surface area contributed by atoms with Gasteiger partial charge in [0.15, 0.2) is 0 Å². The second kappa shape index (κ2) is 2.98. The van der Waals surface area contributed by atoms with Crippen LogP contribution in [-0.2, 0) is 4.79 Å². The molecule has 2 aliphatic rings. The molecule has 1 amide bonds. The van der Waals surface area contributed by atoms with Crippen molar-refractivity contribution in [3.63, 3.8) is 0 Å². The number of nitrogens with one attached hydrogen (secondary N) is 1. The SMILES string of the molecule is CC(C)CN1CCC2(CNC2)C1=O. The van der Waals surface area contributed by atoms with Crippen LogP contribution in [0.4, 0.5) is 0 Å². The molecule has 1 spiro atoms. The van der Waals surface area contributed by atoms with E-state index in [0.717, 1.165) is 32.6 Å². The van der Waals surface area contributed by atoms with E-state index in [2.05, 4.69) is 19.2 Å². The van der Waals surface area contributed by atoms with Gasteiger partial charge in [-0.15, -0.1) is 0 Å². The van der Waals surface area contributed by atoms with Gasteiger partial charge in [0.25, 0.3) is 0 Å². The second-order valence-electron chi connectivity index (χ2n) is 4.78. The first-order valence-electron chi connectivity index (χ1n) is 5.14. The highest BCUT2D eigenvalue weighted by Gasteiger charge is 2.50. The summed E-state index contributed by atoms with van der Waals surface area (Å²) in [6, 6.07) is 0. The third-order valence-electron chi connectivity index (χ3n) is 3.11. The van der Waals surface area contributed by atoms with E-state index in [4.69, 9.17) is 0 Å². The molecule has 1 N–H and O–H groups in total. The van der Waals surface area contributed by atoms with Crippen molar-refractivity contribution in [3.8, 4) is 0 Å². The summed E-state index contributed by atoms with van der Waals surface area (Å²) in [6.45, 7) is 8.04. The lowest BCUT2D eigenvalue weighted by Gasteiger charge is -2.37. The summed E-state index contributed by atoms with van der Waals surface area (Å²) in [6.07, 6.45) is 1.06. The highest BCUT2D eigenvalue weighted by Crippen LogP contribution is 2.35. The molecule has 13 heavy (non-hydrogen) atoms. The van der Waals surface area contributed by atoms with Gasteiger partial charge in [0.05, 0.1) is 5.41 Å². The van der Waals surface area contributed by atoms with Crippen LogP contribution in [0.5, 0.6) is 0 Å². The lowest BCUT2D eigenvalue weighted by atomic mass is 9.80. The Balaban J connectivity index is 1.99. The van der Waals surface area contributed by atoms with Gasteiger partial charge in [0.1, 0.15) is 0 Å². The van der Waals surface area contributed by atoms with Crippen LogP contribution < -0.4 is 5.32 Å². The maximum Gasteiger partial charge on any atom is 0.231 e. The molecule has 3 heteroatoms. The molecule has 2 saturated heterocycles. The van der Waals surface area contributed by atoms with Crippen LogP contribution >= 0.6 is 0 Å². The molecule has 0 atom stereocenters. The van der Waals surface area contributed by atoms with Gasteiger partial charge in [-0.3, -0.25) is 4.79 Å². The van der Waals surface area contributed by atoms with Crippen molar-refractivity contribution in [3.05, 3.63) is 0 Å². The Labute approximate surface area is 79.5 Å². The predicted octanol–water partition coefficient (Wildman–Crippen LogP) is 0.464. The summed E-state index contributed by atoms with van der Waals surface area (Å²) in [7, 11) is 0. The second-order valence-corrected chi connectivity index (χ2v) is 4.78. The molecule has 0 saturated carbocycles. The molecule has 0 aromatic heterocycles. The van der Waals surface area contributed by atoms with Crippen molar-refractivity contribution in [2.75, 3.05) is 26.2 Å². The first-order chi connectivity index (χ1) is 6.14. The number of amides is 1. The van der Waals surface area contributed by atoms with E-state index in [1.54, 1.807) is 0 Å². The summed E-state index contributed by atoms with van der Waals surface area (Å²) >= 11 is 0. The van der Waals surface area contributed by atoms with Crippen LogP contribution in [0.3, 0.4) is 0 Å². The van der Waals surface area contributed by atoms with Gasteiger partial charge < -0.3 is 10.2 Å². The topological polar surface area (TPSA) is 32.3 Å². The monoisotopic (exact) mass is 182 g/mol. The van der Waals surface area contributed by atoms with Crippen molar-refractivity contribution in [1.29, 1.82) is 0 Å². The van der Waals surface area contributed by atoms with Crippen LogP contribution in [0.2, 0.25) is 0 Å². The Morgan fingerprint density at radius 1 is 1.54 bits per heavy atom. The fraction of sp³-hybridized carbons (Fsp3) is 0.900. The van der Waals surface area contributed by atoms with E-state index in [-0.39, 0.29) is 5.41 Å². The van der Waals surface area contributed by atoms with Crippen LogP contribution in [0.1, 0.15) is 20.3 Å². The standard InChI is InChI=1S/C10H18N2O/c1-8(2)5-12-4-3-10(9(12)13)6-11-7-10/h8,11H,3-7H2,1-2H3. The minimum Gasteiger partial charge on any atom is -0.342 e. The van der Waals surface area contributed by atoms with Crippen LogP contribution in [0.25, 0.3) is 0 Å². The smallest absolute Gasteiger partial charge is 0.231 e. The number of nitrogens with zero attached hydrogens (tertiary/aromatic N) is 1. The fourth-order valence-corrected chi connectivity index (χ4v) is 2.26. The first kappa shape index (κ1) is 9.00. The van der Waals surface area contributed by atoms with Crippen molar-refractivity contribution in [2.45, 2.75) is 20.3 Å². The first-order valence-corrected chi connectivity index (χ1v) is 5.14. The summed E-state index contributed by atoms with van der Waals surface area (Å²) < 4.78 is 0. The summed E-state index contributed by atoms with van der Waals surface area (Å²) in [5.74, 6) is 0.979. The lowest BCUT2D eigenvalue weighted by molar-refractivity contribution is -0.138. The van der Waals surface area contributed by atoms with E-state index in [1.807, 2.05) is 4.90 Å². The van der Waals surface area contributed by atoms with Gasteiger partial charge in [-0.1, -0.05) is 13.8 Å². The molecule has 2 rings (SSSR count). The molecule has 2 aliphatic heterocycles. The van der Waals surface area contributed by atoms with Gasteiger partial charge in [-0.25, -0.2) is 0 Å². The van der Waals surface area contributed by atoms with Gasteiger partial charge in [0.2, 0.25) is 5.91 Å². The molecule has 0 unspecified atom stereocenters. The molecule has 3 nitrogen and oxygen atoms in total. The average Bonchev–Trinajstić information content (AvgIpc) is 2.27. The van der Waals surface area contributed by atoms with Gasteiger partial charge in [0, 0.05) is 26.2 Å². The number of hydrogen-bond donors (Lipinski definition) is 1. The zero-order valence-electron chi connectivity index (χ0n) is 8.47. The van der Waals surface area contributed by atoms with E-state index in [1.165, 1.54) is 0 Å². The average molecular weight is 182 g/mol. The molecule has 0 radical (unpaired) electrons. The van der Waals surface area contributed by atoms with Crippen LogP contribution in [-0.4, -0.2) is 37.0 Å². The van der Waals surface area contributed by atoms with E-state index in [9.17, 15) is 4.79 Å². The highest BCUT2D eigenvalue weighted by atomic mass is 16.2. The number of likely N-dealkylation sites (tertiary alicyclic amines) is 1.